The number of hydrogen-bond acceptors (Lipinski definition) is 5. The van der Waals surface area contributed by atoms with E-state index in [1.165, 1.54) is 6.07 Å². The summed E-state index contributed by atoms with van der Waals surface area (Å²) in [4.78, 5) is 29.8. The van der Waals surface area contributed by atoms with E-state index in [2.05, 4.69) is 4.74 Å². The summed E-state index contributed by atoms with van der Waals surface area (Å²) >= 11 is 1.11. The number of carbonyl (C=O) groups is 2. The highest BCUT2D eigenvalue weighted by Crippen LogP contribution is 2.33. The minimum atomic E-state index is -4.90. The lowest BCUT2D eigenvalue weighted by atomic mass is 10.0. The highest BCUT2D eigenvalue weighted by Gasteiger charge is 2.43. The van der Waals surface area contributed by atoms with Crippen LogP contribution in [0.3, 0.4) is 0 Å². The van der Waals surface area contributed by atoms with Gasteiger partial charge < -0.3 is 14.5 Å². The van der Waals surface area contributed by atoms with E-state index in [1.54, 1.807) is 29.2 Å². The van der Waals surface area contributed by atoms with Gasteiger partial charge in [0.1, 0.15) is 11.6 Å². The maximum absolute atomic E-state index is 14.1. The second-order valence-corrected chi connectivity index (χ2v) is 9.18. The van der Waals surface area contributed by atoms with Gasteiger partial charge in [-0.25, -0.2) is 4.39 Å². The molecule has 182 valence electrons. The first-order chi connectivity index (χ1) is 16.1. The molecule has 6 nitrogen and oxygen atoms in total. The average Bonchev–Trinajstić information content (AvgIpc) is 3.36. The lowest BCUT2D eigenvalue weighted by Gasteiger charge is -2.22. The smallest absolute Gasteiger partial charge is 0.406 e. The van der Waals surface area contributed by atoms with Crippen molar-refractivity contribution in [1.82, 2.24) is 9.80 Å². The molecule has 2 fully saturated rings. The molecular weight excluding hydrogens is 474 g/mol. The predicted molar refractivity (Wildman–Crippen MR) is 117 cm³/mol. The number of alkyl halides is 3. The molecule has 2 N–H and O–H groups in total. The number of ether oxygens (including phenoxy) is 1. The van der Waals surface area contributed by atoms with Crippen LogP contribution in [-0.4, -0.2) is 54.2 Å². The number of halogens is 4. The average molecular weight is 498 g/mol. The van der Waals surface area contributed by atoms with Crippen LogP contribution in [0.5, 0.6) is 5.75 Å². The van der Waals surface area contributed by atoms with E-state index < -0.39 is 17.9 Å². The third-order valence-electron chi connectivity index (χ3n) is 6.23. The van der Waals surface area contributed by atoms with Crippen LogP contribution >= 0.6 is 11.9 Å². The Morgan fingerprint density at radius 1 is 1.00 bits per heavy atom. The van der Waals surface area contributed by atoms with Gasteiger partial charge >= 0.3 is 6.36 Å². The molecule has 2 aromatic carbocycles. The van der Waals surface area contributed by atoms with Crippen LogP contribution < -0.4 is 9.88 Å². The van der Waals surface area contributed by atoms with Gasteiger partial charge in [-0.3, -0.25) is 14.7 Å². The monoisotopic (exact) mass is 497 g/mol. The van der Waals surface area contributed by atoms with Gasteiger partial charge in [0.25, 0.3) is 5.91 Å². The van der Waals surface area contributed by atoms with Crippen LogP contribution in [0.4, 0.5) is 17.6 Å². The van der Waals surface area contributed by atoms with Crippen LogP contribution in [0.2, 0.25) is 0 Å². The van der Waals surface area contributed by atoms with Crippen molar-refractivity contribution in [1.29, 1.82) is 0 Å². The van der Waals surface area contributed by atoms with Crippen molar-refractivity contribution in [3.63, 3.8) is 0 Å². The van der Waals surface area contributed by atoms with E-state index >= 15 is 0 Å². The quantitative estimate of drug-likeness (QED) is 0.485. The highest BCUT2D eigenvalue weighted by atomic mass is 32.2. The van der Waals surface area contributed by atoms with Gasteiger partial charge in [-0.1, -0.05) is 6.07 Å². The van der Waals surface area contributed by atoms with Gasteiger partial charge in [0.05, 0.1) is 0 Å². The normalized spacial score (nSPS) is 19.9. The Kier molecular flexibility index (Phi) is 7.04. The van der Waals surface area contributed by atoms with Crippen LogP contribution in [0.15, 0.2) is 47.4 Å². The second kappa shape index (κ2) is 9.83. The molecule has 2 amide bonds. The zero-order valence-electron chi connectivity index (χ0n) is 18.1. The summed E-state index contributed by atoms with van der Waals surface area (Å²) in [5.74, 6) is -1.31. The minimum absolute atomic E-state index is 0.0456. The summed E-state index contributed by atoms with van der Waals surface area (Å²) in [7, 11) is 0. The molecule has 34 heavy (non-hydrogen) atoms. The molecule has 2 unspecified atom stereocenters. The van der Waals surface area contributed by atoms with Crippen molar-refractivity contribution in [2.45, 2.75) is 24.1 Å². The molecule has 0 bridgehead atoms. The van der Waals surface area contributed by atoms with Gasteiger partial charge in [-0.05, 0) is 54.3 Å². The summed E-state index contributed by atoms with van der Waals surface area (Å²) in [6, 6.07) is 10.0. The number of carbonyl (C=O) groups excluding carboxylic acids is 2. The van der Waals surface area contributed by atoms with E-state index in [-0.39, 0.29) is 42.1 Å². The van der Waals surface area contributed by atoms with Gasteiger partial charge in [-0.15, -0.1) is 13.2 Å². The molecular formula is C23H23F4N3O3S. The topological polar surface area (TPSA) is 75.9 Å². The number of benzene rings is 2. The minimum Gasteiger partial charge on any atom is -0.406 e. The fourth-order valence-corrected chi connectivity index (χ4v) is 4.84. The fourth-order valence-electron chi connectivity index (χ4n) is 4.55. The maximum Gasteiger partial charge on any atom is 0.573 e. The van der Waals surface area contributed by atoms with Crippen molar-refractivity contribution in [3.8, 4) is 5.75 Å². The Morgan fingerprint density at radius 2 is 1.62 bits per heavy atom. The third-order valence-corrected chi connectivity index (χ3v) is 6.77. The standard InChI is InChI=1S/C23H23F4N3O3S/c24-20-9-18(33-23(25,26)27)5-1-14(20)4-8-21(31)29-10-16-12-30(13-17(16)11-29)22(32)15-2-6-19(34-28)7-3-15/h1-3,5-7,9,16-17H,4,8,10-13,28H2. The van der Waals surface area contributed by atoms with Crippen molar-refractivity contribution in [2.75, 3.05) is 26.2 Å². The molecule has 2 saturated heterocycles. The van der Waals surface area contributed by atoms with Crippen LogP contribution in [0, 0.1) is 17.7 Å². The zero-order chi connectivity index (χ0) is 24.5. The molecule has 0 radical (unpaired) electrons. The number of amides is 2. The van der Waals surface area contributed by atoms with Crippen molar-refractivity contribution >= 4 is 23.8 Å². The molecule has 2 atom stereocenters. The van der Waals surface area contributed by atoms with Gasteiger partial charge in [0.2, 0.25) is 5.91 Å². The lowest BCUT2D eigenvalue weighted by Crippen LogP contribution is -2.35. The molecule has 2 heterocycles. The first-order valence-electron chi connectivity index (χ1n) is 10.7. The number of rotatable bonds is 6. The van der Waals surface area contributed by atoms with Crippen LogP contribution in [0.1, 0.15) is 22.3 Å². The Morgan fingerprint density at radius 3 is 2.18 bits per heavy atom. The molecule has 0 spiro atoms. The van der Waals surface area contributed by atoms with Crippen molar-refractivity contribution < 1.29 is 31.9 Å². The summed E-state index contributed by atoms with van der Waals surface area (Å²) in [6.07, 6.45) is -4.78. The largest absolute Gasteiger partial charge is 0.573 e. The number of likely N-dealkylation sites (tertiary alicyclic amines) is 2. The number of fused-ring (bicyclic) bond motifs is 1. The van der Waals surface area contributed by atoms with E-state index in [4.69, 9.17) is 5.14 Å². The summed E-state index contributed by atoms with van der Waals surface area (Å²) < 4.78 is 54.6. The number of aryl methyl sites for hydroxylation is 1. The lowest BCUT2D eigenvalue weighted by molar-refractivity contribution is -0.274. The Hall–Kier alpha value is -2.79. The zero-order valence-corrected chi connectivity index (χ0v) is 18.9. The summed E-state index contributed by atoms with van der Waals surface area (Å²) in [6.45, 7) is 2.18. The molecule has 0 saturated carbocycles. The molecule has 2 aromatic rings. The van der Waals surface area contributed by atoms with E-state index in [0.717, 1.165) is 22.9 Å². The van der Waals surface area contributed by atoms with Crippen molar-refractivity contribution in [3.05, 3.63) is 59.4 Å². The second-order valence-electron chi connectivity index (χ2n) is 8.47. The molecule has 0 aromatic heterocycles. The molecule has 4 rings (SSSR count). The Balaban J connectivity index is 1.27. The molecule has 2 aliphatic heterocycles. The third kappa shape index (κ3) is 5.64. The molecule has 2 aliphatic rings. The van der Waals surface area contributed by atoms with Crippen LogP contribution in [0.25, 0.3) is 0 Å². The van der Waals surface area contributed by atoms with Gasteiger partial charge in [0, 0.05) is 61.0 Å². The first kappa shape index (κ1) is 24.3. The number of nitrogens with two attached hydrogens (primary N) is 1. The Bertz CT molecular complexity index is 1050. The fraction of sp³-hybridized carbons (Fsp3) is 0.391. The van der Waals surface area contributed by atoms with Gasteiger partial charge in [-0.2, -0.15) is 0 Å². The first-order valence-corrected chi connectivity index (χ1v) is 11.6. The summed E-state index contributed by atoms with van der Waals surface area (Å²) in [5, 5.41) is 5.51. The molecule has 11 heteroatoms. The van der Waals surface area contributed by atoms with E-state index in [9.17, 15) is 27.2 Å². The summed E-state index contributed by atoms with van der Waals surface area (Å²) in [5.41, 5.74) is 0.748. The maximum atomic E-state index is 14.1. The van der Waals surface area contributed by atoms with E-state index in [0.29, 0.717) is 37.8 Å². The predicted octanol–water partition coefficient (Wildman–Crippen LogP) is 3.85. The highest BCUT2D eigenvalue weighted by molar-refractivity contribution is 7.97. The SMILES string of the molecule is NSc1ccc(C(=O)N2CC3CN(C(=O)CCc4ccc(OC(F)(F)F)cc4F)CC3C2)cc1. The number of hydrogen-bond donors (Lipinski definition) is 1. The Labute approximate surface area is 198 Å². The van der Waals surface area contributed by atoms with Crippen LogP contribution in [-0.2, 0) is 11.2 Å². The number of nitrogens with zero attached hydrogens (tertiary/aromatic N) is 2. The van der Waals surface area contributed by atoms with Crippen molar-refractivity contribution in [2.24, 2.45) is 17.0 Å². The van der Waals surface area contributed by atoms with Gasteiger partial charge in [0.15, 0.2) is 0 Å². The van der Waals surface area contributed by atoms with E-state index in [1.807, 2.05) is 4.90 Å². The molecule has 0 aliphatic carbocycles.